The smallest absolute Gasteiger partial charge is 0.225 e. The number of amides is 1. The second-order valence-corrected chi connectivity index (χ2v) is 8.30. The Morgan fingerprint density at radius 3 is 2.12 bits per heavy atom. The molecule has 2 aliphatic heterocycles. The van der Waals surface area contributed by atoms with Crippen LogP contribution >= 0.6 is 24.8 Å². The Balaban J connectivity index is 0.00000169. The lowest BCUT2D eigenvalue weighted by molar-refractivity contribution is -0.138. The molecule has 4 unspecified atom stereocenters. The molecule has 7 heteroatoms. The number of halogens is 2. The maximum Gasteiger partial charge on any atom is 0.225 e. The maximum absolute atomic E-state index is 12.7. The van der Waals surface area contributed by atoms with Crippen molar-refractivity contribution in [3.8, 4) is 0 Å². The highest BCUT2D eigenvalue weighted by Crippen LogP contribution is 2.26. The van der Waals surface area contributed by atoms with Crippen LogP contribution in [0.3, 0.4) is 0 Å². The molecule has 4 atom stereocenters. The number of hydrogen-bond donors (Lipinski definition) is 1. The van der Waals surface area contributed by atoms with Gasteiger partial charge in [0.15, 0.2) is 0 Å². The predicted octanol–water partition coefficient (Wildman–Crippen LogP) is 2.36. The zero-order valence-corrected chi connectivity index (χ0v) is 18.1. The van der Waals surface area contributed by atoms with Gasteiger partial charge in [0.1, 0.15) is 0 Å². The molecule has 2 heterocycles. The standard InChI is InChI=1S/C19H36N4O.2ClH/c1-15-6-7-16(2)23(15)13-10-21-8-11-22(12-9-21)19(24)17-4-3-5-18(20)14-17;;/h15-18H,3-14,20H2,1-2H3;2*1H. The number of nitrogens with zero attached hydrogens (tertiary/aromatic N) is 3. The molecule has 1 aliphatic carbocycles. The number of rotatable bonds is 4. The molecule has 0 aromatic carbocycles. The highest BCUT2D eigenvalue weighted by atomic mass is 35.5. The summed E-state index contributed by atoms with van der Waals surface area (Å²) in [5.41, 5.74) is 6.05. The minimum absolute atomic E-state index is 0. The summed E-state index contributed by atoms with van der Waals surface area (Å²) in [6.45, 7) is 10.9. The minimum Gasteiger partial charge on any atom is -0.340 e. The van der Waals surface area contributed by atoms with Crippen LogP contribution in [0.4, 0.5) is 0 Å². The Morgan fingerprint density at radius 1 is 0.923 bits per heavy atom. The number of hydrogen-bond acceptors (Lipinski definition) is 4. The number of carbonyl (C=O) groups excluding carboxylic acids is 1. The molecule has 1 saturated carbocycles. The molecule has 3 aliphatic rings. The lowest BCUT2D eigenvalue weighted by Gasteiger charge is -2.38. The van der Waals surface area contributed by atoms with Crippen molar-refractivity contribution in [2.45, 2.75) is 70.5 Å². The van der Waals surface area contributed by atoms with Crippen LogP contribution in [0.15, 0.2) is 0 Å². The van der Waals surface area contributed by atoms with Crippen molar-refractivity contribution in [2.24, 2.45) is 11.7 Å². The SMILES string of the molecule is CC1CCC(C)N1CCN1CCN(C(=O)C2CCCC(N)C2)CC1.Cl.Cl. The van der Waals surface area contributed by atoms with E-state index in [1.807, 2.05) is 0 Å². The monoisotopic (exact) mass is 408 g/mol. The molecule has 2 N–H and O–H groups in total. The lowest BCUT2D eigenvalue weighted by Crippen LogP contribution is -2.52. The van der Waals surface area contributed by atoms with Crippen molar-refractivity contribution in [3.05, 3.63) is 0 Å². The van der Waals surface area contributed by atoms with Crippen molar-refractivity contribution >= 4 is 30.7 Å². The third-order valence-corrected chi connectivity index (χ3v) is 6.56. The van der Waals surface area contributed by atoms with Crippen LogP contribution in [-0.2, 0) is 4.79 Å². The van der Waals surface area contributed by atoms with E-state index < -0.39 is 0 Å². The highest BCUT2D eigenvalue weighted by molar-refractivity contribution is 5.85. The van der Waals surface area contributed by atoms with E-state index in [0.29, 0.717) is 5.91 Å². The maximum atomic E-state index is 12.7. The Kier molecular flexibility index (Phi) is 10.2. The quantitative estimate of drug-likeness (QED) is 0.775. The largest absolute Gasteiger partial charge is 0.340 e. The second-order valence-electron chi connectivity index (χ2n) is 8.30. The molecule has 154 valence electrons. The van der Waals surface area contributed by atoms with E-state index in [0.717, 1.165) is 70.5 Å². The fourth-order valence-corrected chi connectivity index (χ4v) is 4.85. The van der Waals surface area contributed by atoms with Crippen molar-refractivity contribution in [3.63, 3.8) is 0 Å². The summed E-state index contributed by atoms with van der Waals surface area (Å²) in [6, 6.07) is 1.70. The summed E-state index contributed by atoms with van der Waals surface area (Å²) in [6.07, 6.45) is 6.82. The molecule has 0 radical (unpaired) electrons. The average molecular weight is 409 g/mol. The van der Waals surface area contributed by atoms with Crippen LogP contribution in [0.2, 0.25) is 0 Å². The molecule has 0 bridgehead atoms. The van der Waals surface area contributed by atoms with Crippen molar-refractivity contribution in [1.82, 2.24) is 14.7 Å². The van der Waals surface area contributed by atoms with Crippen molar-refractivity contribution in [1.29, 1.82) is 0 Å². The molecule has 1 amide bonds. The zero-order valence-electron chi connectivity index (χ0n) is 16.4. The summed E-state index contributed by atoms with van der Waals surface area (Å²) in [4.78, 5) is 20.0. The van der Waals surface area contributed by atoms with Crippen LogP contribution < -0.4 is 5.73 Å². The first-order valence-corrected chi connectivity index (χ1v) is 10.1. The Morgan fingerprint density at radius 2 is 1.54 bits per heavy atom. The van der Waals surface area contributed by atoms with E-state index in [1.165, 1.54) is 19.4 Å². The van der Waals surface area contributed by atoms with Crippen LogP contribution in [0.5, 0.6) is 0 Å². The predicted molar refractivity (Wildman–Crippen MR) is 112 cm³/mol. The molecule has 5 nitrogen and oxygen atoms in total. The van der Waals surface area contributed by atoms with Gasteiger partial charge < -0.3 is 10.6 Å². The first-order chi connectivity index (χ1) is 11.5. The van der Waals surface area contributed by atoms with Gasteiger partial charge in [-0.25, -0.2) is 0 Å². The Hall–Kier alpha value is -0.0700. The van der Waals surface area contributed by atoms with E-state index in [1.54, 1.807) is 0 Å². The zero-order chi connectivity index (χ0) is 17.1. The van der Waals surface area contributed by atoms with E-state index >= 15 is 0 Å². The highest BCUT2D eigenvalue weighted by Gasteiger charge is 2.31. The van der Waals surface area contributed by atoms with Gasteiger partial charge in [0.25, 0.3) is 0 Å². The van der Waals surface area contributed by atoms with Gasteiger partial charge >= 0.3 is 0 Å². The van der Waals surface area contributed by atoms with Crippen LogP contribution in [-0.4, -0.2) is 78.0 Å². The van der Waals surface area contributed by atoms with E-state index in [9.17, 15) is 4.79 Å². The van der Waals surface area contributed by atoms with Crippen molar-refractivity contribution < 1.29 is 4.79 Å². The Labute approximate surface area is 171 Å². The summed E-state index contributed by atoms with van der Waals surface area (Å²) < 4.78 is 0. The fourth-order valence-electron chi connectivity index (χ4n) is 4.85. The number of piperazine rings is 1. The molecule has 0 spiro atoms. The molecular weight excluding hydrogens is 371 g/mol. The van der Waals surface area contributed by atoms with Gasteiger partial charge in [0, 0.05) is 63.3 Å². The molecule has 2 saturated heterocycles. The number of likely N-dealkylation sites (tertiary alicyclic amines) is 1. The first-order valence-electron chi connectivity index (χ1n) is 10.1. The first kappa shape index (κ1) is 24.0. The summed E-state index contributed by atoms with van der Waals surface area (Å²) in [5, 5.41) is 0. The van der Waals surface area contributed by atoms with Gasteiger partial charge in [-0.05, 0) is 46.0 Å². The van der Waals surface area contributed by atoms with Crippen LogP contribution in [0.1, 0.15) is 52.4 Å². The van der Waals surface area contributed by atoms with Gasteiger partial charge in [-0.3, -0.25) is 14.6 Å². The van der Waals surface area contributed by atoms with Gasteiger partial charge in [-0.2, -0.15) is 0 Å². The van der Waals surface area contributed by atoms with Crippen LogP contribution in [0, 0.1) is 5.92 Å². The number of carbonyl (C=O) groups is 1. The molecule has 3 fully saturated rings. The van der Waals surface area contributed by atoms with Crippen LogP contribution in [0.25, 0.3) is 0 Å². The van der Waals surface area contributed by atoms with Gasteiger partial charge in [0.2, 0.25) is 5.91 Å². The van der Waals surface area contributed by atoms with Crippen molar-refractivity contribution in [2.75, 3.05) is 39.3 Å². The third kappa shape index (κ3) is 5.96. The molecule has 0 aromatic heterocycles. The summed E-state index contributed by atoms with van der Waals surface area (Å²) >= 11 is 0. The van der Waals surface area contributed by atoms with E-state index in [-0.39, 0.29) is 36.8 Å². The number of nitrogens with two attached hydrogens (primary N) is 1. The lowest BCUT2D eigenvalue weighted by atomic mass is 9.85. The minimum atomic E-state index is 0. The third-order valence-electron chi connectivity index (χ3n) is 6.56. The summed E-state index contributed by atoms with van der Waals surface area (Å²) in [5.74, 6) is 0.554. The normalized spacial score (nSPS) is 33.4. The van der Waals surface area contributed by atoms with Gasteiger partial charge in [-0.15, -0.1) is 24.8 Å². The second kappa shape index (κ2) is 11.1. The average Bonchev–Trinajstić information content (AvgIpc) is 2.91. The summed E-state index contributed by atoms with van der Waals surface area (Å²) in [7, 11) is 0. The molecular formula is C19H38Cl2N4O. The topological polar surface area (TPSA) is 52.8 Å². The fraction of sp³-hybridized carbons (Fsp3) is 0.947. The molecule has 26 heavy (non-hydrogen) atoms. The molecule has 0 aromatic rings. The van der Waals surface area contributed by atoms with E-state index in [4.69, 9.17) is 5.73 Å². The van der Waals surface area contributed by atoms with Gasteiger partial charge in [0.05, 0.1) is 0 Å². The van der Waals surface area contributed by atoms with Gasteiger partial charge in [-0.1, -0.05) is 6.42 Å². The molecule has 3 rings (SSSR count). The van der Waals surface area contributed by atoms with E-state index in [2.05, 4.69) is 28.5 Å². The Bertz CT molecular complexity index is 422.